The molecule has 2 heterocycles. The molecule has 2 aliphatic rings. The van der Waals surface area contributed by atoms with Crippen LogP contribution in [0.4, 0.5) is 0 Å². The van der Waals surface area contributed by atoms with Crippen molar-refractivity contribution in [3.63, 3.8) is 0 Å². The van der Waals surface area contributed by atoms with E-state index in [2.05, 4.69) is 16.4 Å². The first-order valence-corrected chi connectivity index (χ1v) is 11.3. The molecule has 174 valence electrons. The molecule has 0 amide bonds. The van der Waals surface area contributed by atoms with Crippen LogP contribution < -0.4 is 14.8 Å². The molecule has 3 N–H and O–H groups in total. The molecule has 8 heteroatoms. The van der Waals surface area contributed by atoms with Gasteiger partial charge in [0.25, 0.3) is 0 Å². The summed E-state index contributed by atoms with van der Waals surface area (Å²) < 4.78 is 12.2. The van der Waals surface area contributed by atoms with Crippen LogP contribution in [-0.2, 0) is 11.2 Å². The Morgan fingerprint density at radius 3 is 2.53 bits per heavy atom. The van der Waals surface area contributed by atoms with E-state index in [4.69, 9.17) is 21.1 Å². The Morgan fingerprint density at radius 2 is 1.91 bits per heavy atom. The van der Waals surface area contributed by atoms with Crippen LogP contribution in [-0.4, -0.2) is 42.0 Å². The number of halogens is 1. The van der Waals surface area contributed by atoms with E-state index >= 15 is 0 Å². The number of methoxy groups -OCH3 is 1. The van der Waals surface area contributed by atoms with Gasteiger partial charge in [0, 0.05) is 24.4 Å². The average Bonchev–Trinajstić information content (AvgIpc) is 3.22. The van der Waals surface area contributed by atoms with Crippen LogP contribution in [0.3, 0.4) is 0 Å². The molecule has 1 aromatic heterocycles. The first-order valence-electron chi connectivity index (χ1n) is 11.0. The molecular formula is C26H24ClN3O4. The first kappa shape index (κ1) is 22.6. The maximum Gasteiger partial charge on any atom is 0.224 e. The molecule has 1 saturated carbocycles. The van der Waals surface area contributed by atoms with Gasteiger partial charge < -0.3 is 25.0 Å². The van der Waals surface area contributed by atoms with Crippen molar-refractivity contribution >= 4 is 11.6 Å². The molecule has 1 aliphatic heterocycles. The molecule has 0 saturated heterocycles. The highest BCUT2D eigenvalue weighted by Crippen LogP contribution is 2.69. The van der Waals surface area contributed by atoms with Crippen molar-refractivity contribution in [3.05, 3.63) is 88.1 Å². The van der Waals surface area contributed by atoms with Gasteiger partial charge in [-0.05, 0) is 30.3 Å². The van der Waals surface area contributed by atoms with E-state index in [0.717, 1.165) is 5.56 Å². The summed E-state index contributed by atoms with van der Waals surface area (Å²) in [5.74, 6) is -0.505. The number of nitrogens with one attached hydrogen (secondary N) is 1. The van der Waals surface area contributed by atoms with Crippen molar-refractivity contribution in [1.82, 2.24) is 10.3 Å². The number of aliphatic hydroxyl groups is 2. The molecule has 1 fully saturated rings. The van der Waals surface area contributed by atoms with Crippen LogP contribution in [0.2, 0.25) is 5.15 Å². The lowest BCUT2D eigenvalue weighted by Gasteiger charge is -2.40. The second-order valence-electron chi connectivity index (χ2n) is 8.68. The van der Waals surface area contributed by atoms with Crippen molar-refractivity contribution < 1.29 is 19.7 Å². The quantitative estimate of drug-likeness (QED) is 0.485. The van der Waals surface area contributed by atoms with E-state index in [1.165, 1.54) is 13.2 Å². The van der Waals surface area contributed by atoms with Crippen LogP contribution in [0.15, 0.2) is 60.7 Å². The fraction of sp³-hybridized carbons (Fsp3) is 0.308. The van der Waals surface area contributed by atoms with Gasteiger partial charge in [-0.3, -0.25) is 0 Å². The number of hydrogen-bond acceptors (Lipinski definition) is 7. The molecular weight excluding hydrogens is 454 g/mol. The minimum atomic E-state index is -1.92. The molecule has 7 nitrogen and oxygen atoms in total. The number of hydrogen-bond donors (Lipinski definition) is 3. The number of pyridine rings is 1. The third kappa shape index (κ3) is 2.90. The third-order valence-electron chi connectivity index (χ3n) is 7.07. The van der Waals surface area contributed by atoms with Gasteiger partial charge in [0.15, 0.2) is 11.2 Å². The lowest BCUT2D eigenvalue weighted by Crippen LogP contribution is -2.52. The summed E-state index contributed by atoms with van der Waals surface area (Å²) in [6, 6.07) is 20.2. The summed E-state index contributed by atoms with van der Waals surface area (Å²) >= 11 is 6.25. The molecule has 0 radical (unpaired) electrons. The van der Waals surface area contributed by atoms with Crippen LogP contribution in [0, 0.1) is 17.2 Å². The third-order valence-corrected chi connectivity index (χ3v) is 7.27. The Hall–Kier alpha value is -3.15. The van der Waals surface area contributed by atoms with Crippen molar-refractivity contribution in [2.75, 3.05) is 20.7 Å². The molecule has 34 heavy (non-hydrogen) atoms. The second kappa shape index (κ2) is 8.26. The molecule has 0 bridgehead atoms. The maximum atomic E-state index is 12.6. The van der Waals surface area contributed by atoms with Gasteiger partial charge in [-0.15, -0.1) is 0 Å². The first-order chi connectivity index (χ1) is 16.4. The summed E-state index contributed by atoms with van der Waals surface area (Å²) in [5, 5.41) is 37.0. The highest BCUT2D eigenvalue weighted by atomic mass is 35.5. The Balaban J connectivity index is 1.86. The highest BCUT2D eigenvalue weighted by molar-refractivity contribution is 6.29. The highest BCUT2D eigenvalue weighted by Gasteiger charge is 2.76. The lowest BCUT2D eigenvalue weighted by molar-refractivity contribution is -0.152. The maximum absolute atomic E-state index is 12.6. The number of fused-ring (bicyclic) bond motifs is 3. The van der Waals surface area contributed by atoms with E-state index in [0.29, 0.717) is 23.4 Å². The van der Waals surface area contributed by atoms with Crippen molar-refractivity contribution in [3.8, 4) is 17.7 Å². The Labute approximate surface area is 202 Å². The average molecular weight is 478 g/mol. The van der Waals surface area contributed by atoms with E-state index in [1.54, 1.807) is 31.3 Å². The van der Waals surface area contributed by atoms with Gasteiger partial charge in [-0.2, -0.15) is 5.26 Å². The number of aliphatic hydroxyl groups excluding tert-OH is 1. The summed E-state index contributed by atoms with van der Waals surface area (Å²) in [6.07, 6.45) is -1.24. The van der Waals surface area contributed by atoms with Crippen molar-refractivity contribution in [1.29, 1.82) is 5.26 Å². The van der Waals surface area contributed by atoms with Crippen LogP contribution in [0.1, 0.15) is 28.2 Å². The standard InChI is InChI=1S/C26H24ClN3O4/c1-29-14-18-21(16-6-4-3-5-7-16)26(17-10-8-15(13-28)9-11-17)25(32,23(18)31)22-19(34-26)12-20(27)30-24(22)33-2/h3-12,18,21,23,29,31-32H,14H2,1-2H3/t18-,21-,23-,25+,26+/m1/s1. The largest absolute Gasteiger partial charge is 0.481 e. The van der Waals surface area contributed by atoms with Crippen LogP contribution >= 0.6 is 11.6 Å². The normalized spacial score (nSPS) is 29.1. The SMILES string of the molecule is CNC[C@H]1[C@@H](O)[C@@]2(O)c3c(cc(Cl)nc3OC)O[C@@]2(c2ccc(C#N)cc2)[C@@H]1c1ccccc1. The number of nitriles is 1. The fourth-order valence-electron chi connectivity index (χ4n) is 5.81. The zero-order valence-electron chi connectivity index (χ0n) is 18.7. The Bertz CT molecular complexity index is 1260. The monoisotopic (exact) mass is 477 g/mol. The fourth-order valence-corrected chi connectivity index (χ4v) is 5.98. The molecule has 2 aromatic carbocycles. The number of aromatic nitrogens is 1. The zero-order valence-corrected chi connectivity index (χ0v) is 19.5. The zero-order chi connectivity index (χ0) is 24.1. The summed E-state index contributed by atoms with van der Waals surface area (Å²) in [4.78, 5) is 4.26. The van der Waals surface area contributed by atoms with Gasteiger partial charge in [0.05, 0.1) is 30.4 Å². The van der Waals surface area contributed by atoms with Crippen LogP contribution in [0.25, 0.3) is 0 Å². The van der Waals surface area contributed by atoms with Crippen LogP contribution in [0.5, 0.6) is 11.6 Å². The Kier molecular flexibility index (Phi) is 5.50. The Morgan fingerprint density at radius 1 is 1.21 bits per heavy atom. The summed E-state index contributed by atoms with van der Waals surface area (Å²) in [6.45, 7) is 0.420. The van der Waals surface area contributed by atoms with Gasteiger partial charge in [-0.1, -0.05) is 54.1 Å². The van der Waals surface area contributed by atoms with E-state index in [-0.39, 0.29) is 16.6 Å². The molecule has 5 atom stereocenters. The molecule has 1 aliphatic carbocycles. The van der Waals surface area contributed by atoms with Gasteiger partial charge in [-0.25, -0.2) is 4.98 Å². The van der Waals surface area contributed by atoms with Crippen molar-refractivity contribution in [2.24, 2.45) is 5.92 Å². The topological polar surface area (TPSA) is 108 Å². The second-order valence-corrected chi connectivity index (χ2v) is 9.06. The van der Waals surface area contributed by atoms with E-state index < -0.39 is 29.1 Å². The van der Waals surface area contributed by atoms with Crippen molar-refractivity contribution in [2.45, 2.75) is 23.2 Å². The number of ether oxygens (including phenoxy) is 2. The van der Waals surface area contributed by atoms with Gasteiger partial charge in [0.2, 0.25) is 5.88 Å². The van der Waals surface area contributed by atoms with E-state index in [1.807, 2.05) is 30.3 Å². The molecule has 0 unspecified atom stereocenters. The predicted molar refractivity (Wildman–Crippen MR) is 126 cm³/mol. The predicted octanol–water partition coefficient (Wildman–Crippen LogP) is 3.08. The number of rotatable bonds is 5. The molecule has 5 rings (SSSR count). The minimum absolute atomic E-state index is 0.0940. The van der Waals surface area contributed by atoms with Gasteiger partial charge in [0.1, 0.15) is 10.9 Å². The summed E-state index contributed by atoms with van der Waals surface area (Å²) in [7, 11) is 3.24. The van der Waals surface area contributed by atoms with E-state index in [9.17, 15) is 15.5 Å². The minimum Gasteiger partial charge on any atom is -0.481 e. The lowest BCUT2D eigenvalue weighted by atomic mass is 9.70. The van der Waals surface area contributed by atoms with Gasteiger partial charge >= 0.3 is 0 Å². The molecule has 0 spiro atoms. The summed E-state index contributed by atoms with van der Waals surface area (Å²) in [5.41, 5.74) is -1.10. The number of nitrogens with zero attached hydrogens (tertiary/aromatic N) is 2. The molecule has 3 aromatic rings. The smallest absolute Gasteiger partial charge is 0.224 e. The number of benzene rings is 2.